The summed E-state index contributed by atoms with van der Waals surface area (Å²) >= 11 is 0. The second kappa shape index (κ2) is 6.77. The number of rotatable bonds is 5. The van der Waals surface area contributed by atoms with E-state index in [1.54, 1.807) is 6.07 Å². The summed E-state index contributed by atoms with van der Waals surface area (Å²) in [7, 11) is 0. The van der Waals surface area contributed by atoms with Crippen molar-refractivity contribution in [1.29, 1.82) is 0 Å². The molecular weight excluding hydrogens is 288 g/mol. The number of hydrogen-bond acceptors (Lipinski definition) is 3. The normalized spacial score (nSPS) is 14.5. The molecule has 0 unspecified atom stereocenters. The summed E-state index contributed by atoms with van der Waals surface area (Å²) in [4.78, 5) is 12.2. The van der Waals surface area contributed by atoms with Crippen LogP contribution in [0.25, 0.3) is 0 Å². The van der Waals surface area contributed by atoms with Crippen LogP contribution in [0.2, 0.25) is 0 Å². The van der Waals surface area contributed by atoms with E-state index in [1.165, 1.54) is 0 Å². The van der Waals surface area contributed by atoms with Crippen LogP contribution in [0, 0.1) is 0 Å². The maximum atomic E-state index is 13.1. The minimum absolute atomic E-state index is 0.134. The summed E-state index contributed by atoms with van der Waals surface area (Å²) in [5.74, 6) is -3.22. The van der Waals surface area contributed by atoms with E-state index in [1.807, 2.05) is 18.2 Å². The van der Waals surface area contributed by atoms with E-state index in [4.69, 9.17) is 0 Å². The molecule has 0 spiro atoms. The lowest BCUT2D eigenvalue weighted by Gasteiger charge is -2.09. The average molecular weight is 307 g/mol. The summed E-state index contributed by atoms with van der Waals surface area (Å²) in [6.45, 7) is 2.87. The van der Waals surface area contributed by atoms with Gasteiger partial charge in [0.1, 0.15) is 11.5 Å². The molecular formula is C16H19F2N3O. The van der Waals surface area contributed by atoms with Crippen molar-refractivity contribution in [3.8, 4) is 0 Å². The smallest absolute Gasteiger partial charge is 0.285 e. The number of benzene rings is 1. The minimum Gasteiger partial charge on any atom is -0.308 e. The average Bonchev–Trinajstić information content (AvgIpc) is 2.94. The number of carbonyl (C=O) groups excluding carboxylic acids is 1. The van der Waals surface area contributed by atoms with Gasteiger partial charge in [-0.05, 0) is 30.5 Å². The molecule has 0 bridgehead atoms. The first-order chi connectivity index (χ1) is 10.4. The molecule has 1 aromatic carbocycles. The molecule has 0 aromatic heterocycles. The minimum atomic E-state index is -3.02. The third-order valence-electron chi connectivity index (χ3n) is 3.40. The van der Waals surface area contributed by atoms with Crippen LogP contribution in [-0.2, 0) is 6.42 Å². The Morgan fingerprint density at radius 2 is 2.14 bits per heavy atom. The first-order valence-electron chi connectivity index (χ1n) is 7.32. The van der Waals surface area contributed by atoms with Gasteiger partial charge in [-0.3, -0.25) is 4.79 Å². The molecule has 1 aliphatic heterocycles. The fourth-order valence-corrected chi connectivity index (χ4v) is 2.11. The summed E-state index contributed by atoms with van der Waals surface area (Å²) in [6, 6.07) is 7.30. The van der Waals surface area contributed by atoms with Gasteiger partial charge < -0.3 is 5.32 Å². The highest BCUT2D eigenvalue weighted by atomic mass is 19.3. The van der Waals surface area contributed by atoms with Crippen molar-refractivity contribution in [3.05, 3.63) is 35.4 Å². The zero-order valence-electron chi connectivity index (χ0n) is 12.7. The maximum absolute atomic E-state index is 13.1. The standard InChI is InChI=1S/C16H19F2N3O/c1-3-4-6-11-7-5-8-12(9-11)15(22)19-14-10-13(20-21-14)16(2,17)18/h5,7-9H,3-4,6,10H2,1-2H3,(H,19,21,22). The van der Waals surface area contributed by atoms with Crippen LogP contribution in [0.15, 0.2) is 34.5 Å². The van der Waals surface area contributed by atoms with Crippen molar-refractivity contribution >= 4 is 17.5 Å². The van der Waals surface area contributed by atoms with Gasteiger partial charge >= 0.3 is 0 Å². The number of amides is 1. The lowest BCUT2D eigenvalue weighted by Crippen LogP contribution is -2.33. The van der Waals surface area contributed by atoms with Gasteiger partial charge in [0.05, 0.1) is 6.42 Å². The fourth-order valence-electron chi connectivity index (χ4n) is 2.11. The molecule has 0 atom stereocenters. The van der Waals surface area contributed by atoms with Crippen molar-refractivity contribution in [2.75, 3.05) is 0 Å². The molecule has 0 radical (unpaired) electrons. The zero-order chi connectivity index (χ0) is 16.2. The molecule has 1 heterocycles. The van der Waals surface area contributed by atoms with E-state index in [0.717, 1.165) is 31.7 Å². The third-order valence-corrected chi connectivity index (χ3v) is 3.40. The SMILES string of the molecule is CCCCc1cccc(C(=O)NC2=NN=C(C(C)(F)F)C2)c1. The van der Waals surface area contributed by atoms with Crippen LogP contribution >= 0.6 is 0 Å². The van der Waals surface area contributed by atoms with Crippen LogP contribution in [0.3, 0.4) is 0 Å². The quantitative estimate of drug-likeness (QED) is 0.888. The highest BCUT2D eigenvalue weighted by Crippen LogP contribution is 2.20. The Morgan fingerprint density at radius 3 is 2.77 bits per heavy atom. The molecule has 1 aliphatic rings. The van der Waals surface area contributed by atoms with Gasteiger partial charge in [0.2, 0.25) is 0 Å². The van der Waals surface area contributed by atoms with Gasteiger partial charge in [-0.15, -0.1) is 5.10 Å². The Morgan fingerprint density at radius 1 is 1.36 bits per heavy atom. The predicted octanol–water partition coefficient (Wildman–Crippen LogP) is 3.57. The van der Waals surface area contributed by atoms with Crippen molar-refractivity contribution in [2.45, 2.75) is 45.5 Å². The molecule has 0 fully saturated rings. The van der Waals surface area contributed by atoms with Gasteiger partial charge in [0.25, 0.3) is 11.8 Å². The number of nitrogens with one attached hydrogen (secondary N) is 1. The molecule has 4 nitrogen and oxygen atoms in total. The zero-order valence-corrected chi connectivity index (χ0v) is 12.7. The van der Waals surface area contributed by atoms with Gasteiger partial charge in [0.15, 0.2) is 0 Å². The van der Waals surface area contributed by atoms with Crippen LogP contribution < -0.4 is 5.32 Å². The second-order valence-electron chi connectivity index (χ2n) is 5.42. The summed E-state index contributed by atoms with van der Waals surface area (Å²) in [5.41, 5.74) is 1.24. The highest BCUT2D eigenvalue weighted by molar-refractivity contribution is 6.15. The molecule has 1 aromatic rings. The number of aryl methyl sites for hydroxylation is 1. The Kier molecular flexibility index (Phi) is 5.00. The second-order valence-corrected chi connectivity index (χ2v) is 5.42. The first kappa shape index (κ1) is 16.3. The van der Waals surface area contributed by atoms with Crippen LogP contribution in [0.4, 0.5) is 8.78 Å². The molecule has 0 saturated carbocycles. The first-order valence-corrected chi connectivity index (χ1v) is 7.32. The van der Waals surface area contributed by atoms with Gasteiger partial charge in [-0.1, -0.05) is 25.5 Å². The number of alkyl halides is 2. The number of carbonyl (C=O) groups is 1. The number of hydrogen-bond donors (Lipinski definition) is 1. The van der Waals surface area contributed by atoms with E-state index in [0.29, 0.717) is 5.56 Å². The number of nitrogens with zero attached hydrogens (tertiary/aromatic N) is 2. The van der Waals surface area contributed by atoms with Crippen LogP contribution in [0.5, 0.6) is 0 Å². The van der Waals surface area contributed by atoms with E-state index in [2.05, 4.69) is 22.4 Å². The Bertz CT molecular complexity index is 618. The maximum Gasteiger partial charge on any atom is 0.285 e. The number of amidine groups is 1. The Hall–Kier alpha value is -2.11. The van der Waals surface area contributed by atoms with E-state index in [-0.39, 0.29) is 23.9 Å². The van der Waals surface area contributed by atoms with Gasteiger partial charge in [-0.2, -0.15) is 5.10 Å². The van der Waals surface area contributed by atoms with Crippen LogP contribution in [-0.4, -0.2) is 23.4 Å². The van der Waals surface area contributed by atoms with E-state index in [9.17, 15) is 13.6 Å². The fraction of sp³-hybridized carbons (Fsp3) is 0.438. The molecule has 1 N–H and O–H groups in total. The predicted molar refractivity (Wildman–Crippen MR) is 82.6 cm³/mol. The summed E-state index contributed by atoms with van der Waals surface area (Å²) in [5, 5.41) is 9.59. The van der Waals surface area contributed by atoms with Crippen molar-refractivity contribution in [2.24, 2.45) is 10.2 Å². The topological polar surface area (TPSA) is 53.8 Å². The molecule has 1 amide bonds. The van der Waals surface area contributed by atoms with Crippen LogP contribution in [0.1, 0.15) is 49.0 Å². The molecule has 118 valence electrons. The van der Waals surface area contributed by atoms with Crippen molar-refractivity contribution < 1.29 is 13.6 Å². The number of unbranched alkanes of at least 4 members (excludes halogenated alkanes) is 1. The highest BCUT2D eigenvalue weighted by Gasteiger charge is 2.33. The summed E-state index contributed by atoms with van der Waals surface area (Å²) < 4.78 is 26.2. The molecule has 6 heteroatoms. The lowest BCUT2D eigenvalue weighted by molar-refractivity contribution is 0.0966. The Labute approximate surface area is 128 Å². The molecule has 2 rings (SSSR count). The Balaban J connectivity index is 1.97. The van der Waals surface area contributed by atoms with Gasteiger partial charge in [0, 0.05) is 12.5 Å². The van der Waals surface area contributed by atoms with Crippen molar-refractivity contribution in [1.82, 2.24) is 5.32 Å². The van der Waals surface area contributed by atoms with E-state index >= 15 is 0 Å². The monoisotopic (exact) mass is 307 g/mol. The van der Waals surface area contributed by atoms with Crippen molar-refractivity contribution in [3.63, 3.8) is 0 Å². The number of halogens is 2. The van der Waals surface area contributed by atoms with E-state index < -0.39 is 5.92 Å². The molecule has 0 aliphatic carbocycles. The largest absolute Gasteiger partial charge is 0.308 e. The third kappa shape index (κ3) is 4.19. The molecule has 22 heavy (non-hydrogen) atoms. The molecule has 0 saturated heterocycles. The lowest BCUT2D eigenvalue weighted by atomic mass is 10.0. The van der Waals surface area contributed by atoms with Gasteiger partial charge in [-0.25, -0.2) is 8.78 Å². The summed E-state index contributed by atoms with van der Waals surface area (Å²) in [6.07, 6.45) is 2.91.